The van der Waals surface area contributed by atoms with E-state index >= 15 is 0 Å². The molecule has 6 rings (SSSR count). The second-order valence-corrected chi connectivity index (χ2v) is 15.5. The van der Waals surface area contributed by atoms with Crippen molar-refractivity contribution in [3.05, 3.63) is 113 Å². The van der Waals surface area contributed by atoms with Crippen LogP contribution in [0.5, 0.6) is 5.75 Å². The number of carbonyl (C=O) groups is 2. The Hall–Kier alpha value is -5.20. The van der Waals surface area contributed by atoms with Crippen molar-refractivity contribution >= 4 is 58.1 Å². The van der Waals surface area contributed by atoms with Gasteiger partial charge in [0.2, 0.25) is 5.16 Å². The van der Waals surface area contributed by atoms with Crippen molar-refractivity contribution in [2.45, 2.75) is 75.6 Å². The number of amides is 2. The predicted molar refractivity (Wildman–Crippen MR) is 212 cm³/mol. The number of halogens is 1. The van der Waals surface area contributed by atoms with E-state index in [9.17, 15) is 9.59 Å². The quantitative estimate of drug-likeness (QED) is 0.123. The van der Waals surface area contributed by atoms with Crippen LogP contribution >= 0.6 is 23.4 Å². The maximum absolute atomic E-state index is 14.0. The molecule has 0 aliphatic carbocycles. The molecule has 1 fully saturated rings. The number of amidine groups is 1. The Morgan fingerprint density at radius 3 is 2.32 bits per heavy atom. The molecule has 5 aromatic rings. The molecule has 1 atom stereocenters. The minimum absolute atomic E-state index is 0.0281. The van der Waals surface area contributed by atoms with Crippen LogP contribution in [0.4, 0.5) is 17.1 Å². The fourth-order valence-corrected chi connectivity index (χ4v) is 6.78. The number of anilines is 2. The Labute approximate surface area is 319 Å². The topological polar surface area (TPSA) is 127 Å². The van der Waals surface area contributed by atoms with Gasteiger partial charge in [-0.05, 0) is 94.3 Å². The van der Waals surface area contributed by atoms with Crippen LogP contribution in [0.1, 0.15) is 65.5 Å². The molecule has 11 nitrogen and oxygen atoms in total. The molecule has 1 aliphatic rings. The number of thioether (sulfide) groups is 1. The number of ether oxygens (including phenoxy) is 1. The van der Waals surface area contributed by atoms with Crippen molar-refractivity contribution < 1.29 is 14.3 Å². The summed E-state index contributed by atoms with van der Waals surface area (Å²) in [6, 6.07) is 29.8. The molecule has 2 N–H and O–H groups in total. The van der Waals surface area contributed by atoms with Crippen LogP contribution in [0.2, 0.25) is 5.02 Å². The second kappa shape index (κ2) is 15.8. The highest BCUT2D eigenvalue weighted by atomic mass is 35.5. The molecule has 1 aromatic heterocycles. The molecule has 2 amide bonds. The monoisotopic (exact) mass is 750 g/mol. The Bertz CT molecular complexity index is 2120. The normalized spacial score (nSPS) is 15.5. The molecule has 0 saturated carbocycles. The lowest BCUT2D eigenvalue weighted by molar-refractivity contribution is -0.118. The van der Waals surface area contributed by atoms with Crippen LogP contribution in [0, 0.1) is 0 Å². The maximum atomic E-state index is 14.0. The van der Waals surface area contributed by atoms with E-state index in [1.54, 1.807) is 41.1 Å². The number of aromatic nitrogens is 4. The lowest BCUT2D eigenvalue weighted by atomic mass is 9.76. The third-order valence-electron chi connectivity index (χ3n) is 9.70. The average Bonchev–Trinajstić information content (AvgIpc) is 3.76. The van der Waals surface area contributed by atoms with E-state index in [-0.39, 0.29) is 29.3 Å². The van der Waals surface area contributed by atoms with Gasteiger partial charge in [-0.2, -0.15) is 4.68 Å². The van der Waals surface area contributed by atoms with Gasteiger partial charge in [0.05, 0.1) is 22.1 Å². The van der Waals surface area contributed by atoms with Crippen molar-refractivity contribution in [1.29, 1.82) is 0 Å². The number of para-hydroxylation sites is 2. The summed E-state index contributed by atoms with van der Waals surface area (Å²) in [4.78, 5) is 31.9. The summed E-state index contributed by atoms with van der Waals surface area (Å²) < 4.78 is 7.70. The molecule has 0 spiro atoms. The lowest BCUT2D eigenvalue weighted by Crippen LogP contribution is -2.35. The number of tetrazole rings is 1. The minimum atomic E-state index is -0.819. The zero-order valence-electron chi connectivity index (χ0n) is 30.6. The first kappa shape index (κ1) is 37.6. The van der Waals surface area contributed by atoms with Gasteiger partial charge in [0, 0.05) is 11.3 Å². The summed E-state index contributed by atoms with van der Waals surface area (Å²) in [7, 11) is 0. The van der Waals surface area contributed by atoms with Crippen LogP contribution in [0.25, 0.3) is 5.69 Å². The highest BCUT2D eigenvalue weighted by Gasteiger charge is 2.41. The van der Waals surface area contributed by atoms with E-state index in [1.165, 1.54) is 22.3 Å². The van der Waals surface area contributed by atoms with Gasteiger partial charge in [-0.3, -0.25) is 15.0 Å². The molecule has 13 heteroatoms. The Morgan fingerprint density at radius 1 is 0.925 bits per heavy atom. The molecule has 1 unspecified atom stereocenters. The van der Waals surface area contributed by atoms with Crippen LogP contribution in [0.3, 0.4) is 0 Å². The number of benzene rings is 4. The van der Waals surface area contributed by atoms with Crippen LogP contribution in [-0.2, 0) is 20.4 Å². The molecule has 2 heterocycles. The van der Waals surface area contributed by atoms with Gasteiger partial charge in [0.15, 0.2) is 11.9 Å². The van der Waals surface area contributed by atoms with Crippen LogP contribution in [-0.4, -0.2) is 49.7 Å². The van der Waals surface area contributed by atoms with E-state index < -0.39 is 5.25 Å². The summed E-state index contributed by atoms with van der Waals surface area (Å²) in [5.41, 5.74) is 7.75. The Kier molecular flexibility index (Phi) is 11.2. The van der Waals surface area contributed by atoms with Crippen LogP contribution in [0.15, 0.2) is 107 Å². The number of aliphatic imine (C=N–C) groups is 1. The number of rotatable bonds is 13. The third-order valence-corrected chi connectivity index (χ3v) is 11.1. The standard InChI is InChI=1S/C40H43ClN8O3S/c1-7-39(3,4)26-18-23-33(30(24-26)40(5,6)8-2)52-25-34(50)42-27-19-21-29(22-20-27)48-37(51)35(36(45-48)43-32-17-13-12-16-31(32)41)53-38-44-46-47-49(38)28-14-10-9-11-15-28/h9-24,35H,7-8,25H2,1-6H3,(H,42,50)(H,43,45). The summed E-state index contributed by atoms with van der Waals surface area (Å²) in [5, 5.41) is 16.5. The molecular weight excluding hydrogens is 708 g/mol. The first-order chi connectivity index (χ1) is 25.4. The zero-order valence-corrected chi connectivity index (χ0v) is 32.2. The predicted octanol–water partition coefficient (Wildman–Crippen LogP) is 8.45. The largest absolute Gasteiger partial charge is 0.483 e. The first-order valence-corrected chi connectivity index (χ1v) is 18.8. The summed E-state index contributed by atoms with van der Waals surface area (Å²) in [6.07, 6.45) is 1.93. The van der Waals surface area contributed by atoms with E-state index in [2.05, 4.69) is 79.9 Å². The van der Waals surface area contributed by atoms with Gasteiger partial charge >= 0.3 is 0 Å². The third kappa shape index (κ3) is 8.39. The molecule has 4 aromatic carbocycles. The number of hydrazine groups is 1. The fraction of sp³-hybridized carbons (Fsp3) is 0.300. The smallest absolute Gasteiger partial charge is 0.267 e. The Balaban J connectivity index is 1.18. The van der Waals surface area contributed by atoms with Gasteiger partial charge in [-0.15, -0.1) is 5.10 Å². The summed E-state index contributed by atoms with van der Waals surface area (Å²) in [5.74, 6) is 0.485. The highest BCUT2D eigenvalue weighted by Crippen LogP contribution is 2.39. The molecule has 1 aliphatic heterocycles. The van der Waals surface area contributed by atoms with Crippen molar-refractivity contribution in [3.8, 4) is 11.4 Å². The summed E-state index contributed by atoms with van der Waals surface area (Å²) >= 11 is 7.62. The average molecular weight is 751 g/mol. The molecule has 274 valence electrons. The molecule has 0 radical (unpaired) electrons. The zero-order chi connectivity index (χ0) is 37.8. The van der Waals surface area contributed by atoms with Gasteiger partial charge in [-0.25, -0.2) is 10.0 Å². The first-order valence-electron chi connectivity index (χ1n) is 17.5. The minimum Gasteiger partial charge on any atom is -0.483 e. The Morgan fingerprint density at radius 2 is 1.62 bits per heavy atom. The molecule has 1 saturated heterocycles. The fourth-order valence-electron chi connectivity index (χ4n) is 5.64. The van der Waals surface area contributed by atoms with Gasteiger partial charge in [0.1, 0.15) is 11.6 Å². The molecule has 0 bridgehead atoms. The van der Waals surface area contributed by atoms with Gasteiger partial charge in [-0.1, -0.05) is 107 Å². The van der Waals surface area contributed by atoms with Crippen molar-refractivity contribution in [2.75, 3.05) is 16.9 Å². The van der Waals surface area contributed by atoms with E-state index in [0.29, 0.717) is 38.8 Å². The number of carbonyl (C=O) groups excluding carboxylic acids is 2. The van der Waals surface area contributed by atoms with Crippen LogP contribution < -0.4 is 20.5 Å². The molecular formula is C40H43ClN8O3S. The summed E-state index contributed by atoms with van der Waals surface area (Å²) in [6.45, 7) is 13.1. The second-order valence-electron chi connectivity index (χ2n) is 14.0. The van der Waals surface area contributed by atoms with Gasteiger partial charge < -0.3 is 10.1 Å². The van der Waals surface area contributed by atoms with E-state index in [4.69, 9.17) is 21.3 Å². The number of nitrogens with zero attached hydrogens (tertiary/aromatic N) is 6. The van der Waals surface area contributed by atoms with Gasteiger partial charge in [0.25, 0.3) is 11.8 Å². The number of hydrogen-bond acceptors (Lipinski definition) is 8. The van der Waals surface area contributed by atoms with Crippen molar-refractivity contribution in [3.63, 3.8) is 0 Å². The lowest BCUT2D eigenvalue weighted by Gasteiger charge is -2.30. The van der Waals surface area contributed by atoms with Crippen molar-refractivity contribution in [1.82, 2.24) is 25.6 Å². The molecule has 53 heavy (non-hydrogen) atoms. The number of hydrogen-bond donors (Lipinski definition) is 2. The maximum Gasteiger partial charge on any atom is 0.267 e. The highest BCUT2D eigenvalue weighted by molar-refractivity contribution is 8.01. The van der Waals surface area contributed by atoms with E-state index in [1.807, 2.05) is 48.5 Å². The van der Waals surface area contributed by atoms with E-state index in [0.717, 1.165) is 24.1 Å². The SMILES string of the molecule is CCC(C)(C)c1ccc(OCC(=O)Nc2ccc(N3NC(=Nc4ccccc4Cl)C(Sc4nnnn4-c4ccccc4)C3=O)cc2)c(C(C)(C)CC)c1. The van der Waals surface area contributed by atoms with Crippen molar-refractivity contribution in [2.24, 2.45) is 4.99 Å². The number of nitrogens with one attached hydrogen (secondary N) is 2.